The molecule has 19 heavy (non-hydrogen) atoms. The van der Waals surface area contributed by atoms with Gasteiger partial charge in [-0.15, -0.1) is 0 Å². The Hall–Kier alpha value is -0.860. The molecule has 4 unspecified atom stereocenters. The Bertz CT molecular complexity index is 417. The minimum absolute atomic E-state index is 0.254. The first kappa shape index (κ1) is 14.5. The van der Waals surface area contributed by atoms with E-state index in [0.717, 1.165) is 24.9 Å². The number of nitrogens with zero attached hydrogens (tertiary/aromatic N) is 1. The normalized spacial score (nSPS) is 28.2. The largest absolute Gasteiger partial charge is 0.387 e. The first-order valence-corrected chi connectivity index (χ1v) is 7.62. The van der Waals surface area contributed by atoms with Crippen molar-refractivity contribution in [3.8, 4) is 0 Å². The minimum atomic E-state index is -0.346. The van der Waals surface area contributed by atoms with Crippen molar-refractivity contribution in [1.82, 2.24) is 4.90 Å². The summed E-state index contributed by atoms with van der Waals surface area (Å²) < 4.78 is 0. The fourth-order valence-electron chi connectivity index (χ4n) is 3.48. The van der Waals surface area contributed by atoms with E-state index in [9.17, 15) is 5.11 Å². The average Bonchev–Trinajstić information content (AvgIpc) is 2.44. The van der Waals surface area contributed by atoms with E-state index >= 15 is 0 Å². The number of rotatable bonds is 4. The van der Waals surface area contributed by atoms with Crippen LogP contribution in [0.2, 0.25) is 0 Å². The Labute approximate surface area is 117 Å². The third-order valence-electron chi connectivity index (χ3n) is 4.75. The van der Waals surface area contributed by atoms with Gasteiger partial charge in [0.1, 0.15) is 0 Å². The van der Waals surface area contributed by atoms with E-state index < -0.39 is 0 Å². The molecule has 0 saturated heterocycles. The van der Waals surface area contributed by atoms with Crippen molar-refractivity contribution < 1.29 is 5.11 Å². The Balaban J connectivity index is 2.30. The van der Waals surface area contributed by atoms with Crippen molar-refractivity contribution in [3.05, 3.63) is 35.4 Å². The summed E-state index contributed by atoms with van der Waals surface area (Å²) in [6.07, 6.45) is 1.84. The van der Waals surface area contributed by atoms with Crippen molar-refractivity contribution in [2.45, 2.75) is 64.6 Å². The number of aliphatic hydroxyl groups is 1. The highest BCUT2D eigenvalue weighted by Crippen LogP contribution is 2.40. The van der Waals surface area contributed by atoms with Crippen LogP contribution >= 0.6 is 0 Å². The van der Waals surface area contributed by atoms with Crippen LogP contribution in [-0.2, 0) is 0 Å². The van der Waals surface area contributed by atoms with Crippen molar-refractivity contribution in [3.63, 3.8) is 0 Å². The molecule has 1 aromatic rings. The number of hydrogen-bond acceptors (Lipinski definition) is 2. The molecule has 2 nitrogen and oxygen atoms in total. The number of hydrogen-bond donors (Lipinski definition) is 1. The van der Waals surface area contributed by atoms with Crippen molar-refractivity contribution in [1.29, 1.82) is 0 Å². The van der Waals surface area contributed by atoms with E-state index in [1.807, 2.05) is 6.07 Å². The number of benzene rings is 1. The van der Waals surface area contributed by atoms with E-state index in [-0.39, 0.29) is 12.1 Å². The summed E-state index contributed by atoms with van der Waals surface area (Å²) in [5, 5.41) is 10.7. The second-order valence-corrected chi connectivity index (χ2v) is 5.87. The zero-order valence-corrected chi connectivity index (χ0v) is 12.6. The van der Waals surface area contributed by atoms with Gasteiger partial charge in [0, 0.05) is 12.1 Å². The average molecular weight is 261 g/mol. The molecule has 1 N–H and O–H groups in total. The van der Waals surface area contributed by atoms with Gasteiger partial charge in [0.05, 0.1) is 6.10 Å². The van der Waals surface area contributed by atoms with Crippen molar-refractivity contribution in [2.24, 2.45) is 0 Å². The molecule has 1 aromatic carbocycles. The maximum atomic E-state index is 10.7. The highest BCUT2D eigenvalue weighted by molar-refractivity contribution is 5.35. The Morgan fingerprint density at radius 1 is 1.26 bits per heavy atom. The lowest BCUT2D eigenvalue weighted by atomic mass is 9.78. The van der Waals surface area contributed by atoms with E-state index in [2.05, 4.69) is 50.8 Å². The fraction of sp³-hybridized carbons (Fsp3) is 0.647. The molecule has 4 atom stereocenters. The van der Waals surface area contributed by atoms with Crippen LogP contribution in [0.5, 0.6) is 0 Å². The quantitative estimate of drug-likeness (QED) is 0.893. The highest BCUT2D eigenvalue weighted by atomic mass is 16.3. The lowest BCUT2D eigenvalue weighted by Crippen LogP contribution is -2.47. The van der Waals surface area contributed by atoms with E-state index in [1.54, 1.807) is 0 Å². The van der Waals surface area contributed by atoms with Crippen molar-refractivity contribution in [2.75, 3.05) is 6.54 Å². The van der Waals surface area contributed by atoms with Gasteiger partial charge in [0.15, 0.2) is 0 Å². The third-order valence-corrected chi connectivity index (χ3v) is 4.75. The standard InChI is InChI=1S/C17H27NO/c1-5-13(4)18(6-2)16-11-12(3)14-9-7-8-10-15(14)17(16)19/h7-10,12-13,16-17,19H,5-6,11H2,1-4H3. The second-order valence-electron chi connectivity index (χ2n) is 5.87. The van der Waals surface area contributed by atoms with Crippen LogP contribution in [0.4, 0.5) is 0 Å². The maximum absolute atomic E-state index is 10.7. The summed E-state index contributed by atoms with van der Waals surface area (Å²) >= 11 is 0. The molecule has 2 rings (SSSR count). The molecule has 0 saturated carbocycles. The topological polar surface area (TPSA) is 23.5 Å². The van der Waals surface area contributed by atoms with Gasteiger partial charge in [-0.25, -0.2) is 0 Å². The zero-order chi connectivity index (χ0) is 14.0. The Morgan fingerprint density at radius 3 is 2.47 bits per heavy atom. The molecule has 0 aromatic heterocycles. The fourth-order valence-corrected chi connectivity index (χ4v) is 3.48. The van der Waals surface area contributed by atoms with Crippen LogP contribution in [0.15, 0.2) is 24.3 Å². The van der Waals surface area contributed by atoms with Crippen LogP contribution < -0.4 is 0 Å². The van der Waals surface area contributed by atoms with Gasteiger partial charge in [-0.05, 0) is 43.4 Å². The van der Waals surface area contributed by atoms with Crippen LogP contribution in [0.3, 0.4) is 0 Å². The molecule has 0 radical (unpaired) electrons. The van der Waals surface area contributed by atoms with Crippen LogP contribution in [-0.4, -0.2) is 28.6 Å². The molecule has 0 bridgehead atoms. The number of aliphatic hydroxyl groups excluding tert-OH is 1. The molecule has 0 spiro atoms. The summed E-state index contributed by atoms with van der Waals surface area (Å²) in [7, 11) is 0. The Kier molecular flexibility index (Phi) is 4.64. The van der Waals surface area contributed by atoms with E-state index in [1.165, 1.54) is 5.56 Å². The maximum Gasteiger partial charge on any atom is 0.0948 e. The number of likely N-dealkylation sites (N-methyl/N-ethyl adjacent to an activating group) is 1. The first-order chi connectivity index (χ1) is 9.10. The third kappa shape index (κ3) is 2.70. The van der Waals surface area contributed by atoms with E-state index in [4.69, 9.17) is 0 Å². The zero-order valence-electron chi connectivity index (χ0n) is 12.6. The number of fused-ring (bicyclic) bond motifs is 1. The van der Waals surface area contributed by atoms with Crippen LogP contribution in [0, 0.1) is 0 Å². The van der Waals surface area contributed by atoms with Crippen molar-refractivity contribution >= 4 is 0 Å². The summed E-state index contributed by atoms with van der Waals surface area (Å²) in [5.41, 5.74) is 2.46. The molecular formula is C17H27NO. The van der Waals surface area contributed by atoms with Gasteiger partial charge < -0.3 is 5.11 Å². The van der Waals surface area contributed by atoms with Gasteiger partial charge in [-0.1, -0.05) is 45.0 Å². The molecule has 1 aliphatic carbocycles. The Morgan fingerprint density at radius 2 is 1.89 bits per heavy atom. The van der Waals surface area contributed by atoms with Gasteiger partial charge in [-0.3, -0.25) is 4.90 Å². The van der Waals surface area contributed by atoms with Gasteiger partial charge in [-0.2, -0.15) is 0 Å². The monoisotopic (exact) mass is 261 g/mol. The lowest BCUT2D eigenvalue weighted by molar-refractivity contribution is 0.0132. The van der Waals surface area contributed by atoms with Gasteiger partial charge in [0.25, 0.3) is 0 Å². The molecule has 1 aliphatic rings. The molecule has 0 amide bonds. The van der Waals surface area contributed by atoms with E-state index in [0.29, 0.717) is 12.0 Å². The molecule has 0 heterocycles. The summed E-state index contributed by atoms with van der Waals surface area (Å²) in [6, 6.07) is 9.16. The van der Waals surface area contributed by atoms with Gasteiger partial charge >= 0.3 is 0 Å². The minimum Gasteiger partial charge on any atom is -0.387 e. The molecular weight excluding hydrogens is 234 g/mol. The lowest BCUT2D eigenvalue weighted by Gasteiger charge is -2.43. The smallest absolute Gasteiger partial charge is 0.0948 e. The molecule has 0 fully saturated rings. The van der Waals surface area contributed by atoms with Gasteiger partial charge in [0.2, 0.25) is 0 Å². The SMILES string of the molecule is CCC(C)N(CC)C1CC(C)c2ccccc2C1O. The molecule has 2 heteroatoms. The first-order valence-electron chi connectivity index (χ1n) is 7.62. The molecule has 106 valence electrons. The predicted molar refractivity (Wildman–Crippen MR) is 80.4 cm³/mol. The summed E-state index contributed by atoms with van der Waals surface area (Å²) in [6.45, 7) is 9.97. The molecule has 0 aliphatic heterocycles. The summed E-state index contributed by atoms with van der Waals surface area (Å²) in [4.78, 5) is 2.47. The van der Waals surface area contributed by atoms with Crippen LogP contribution in [0.1, 0.15) is 63.7 Å². The predicted octanol–water partition coefficient (Wildman–Crippen LogP) is 3.72. The highest BCUT2D eigenvalue weighted by Gasteiger charge is 2.36. The second kappa shape index (κ2) is 6.06. The van der Waals surface area contributed by atoms with Crippen LogP contribution in [0.25, 0.3) is 0 Å². The summed E-state index contributed by atoms with van der Waals surface area (Å²) in [5.74, 6) is 0.530.